The van der Waals surface area contributed by atoms with Crippen molar-refractivity contribution >= 4 is 62.4 Å². The fraction of sp³-hybridized carbons (Fsp3) is 0.250. The molecule has 0 unspecified atom stereocenters. The van der Waals surface area contributed by atoms with Gasteiger partial charge in [0.25, 0.3) is 0 Å². The van der Waals surface area contributed by atoms with Gasteiger partial charge in [-0.25, -0.2) is 9.97 Å². The Bertz CT molecular complexity index is 1410. The number of ether oxygens (including phenoxy) is 1. The zero-order chi connectivity index (χ0) is 24.5. The number of carbonyl (C=O) groups excluding carboxylic acids is 1. The Kier molecular flexibility index (Phi) is 6.00. The van der Waals surface area contributed by atoms with Crippen molar-refractivity contribution in [1.29, 1.82) is 0 Å². The van der Waals surface area contributed by atoms with Crippen LogP contribution in [-0.2, 0) is 4.79 Å². The van der Waals surface area contributed by atoms with Crippen LogP contribution in [0.2, 0.25) is 0 Å². The maximum absolute atomic E-state index is 11.2. The second-order valence-electron chi connectivity index (χ2n) is 8.28. The summed E-state index contributed by atoms with van der Waals surface area (Å²) in [6.07, 6.45) is 1.55. The predicted molar refractivity (Wildman–Crippen MR) is 140 cm³/mol. The van der Waals surface area contributed by atoms with Crippen LogP contribution in [0.1, 0.15) is 6.92 Å². The number of thiocarbonyl (C=S) groups is 1. The van der Waals surface area contributed by atoms with Crippen LogP contribution in [0.3, 0.4) is 0 Å². The fourth-order valence-corrected chi connectivity index (χ4v) is 4.59. The van der Waals surface area contributed by atoms with Gasteiger partial charge in [0, 0.05) is 55.9 Å². The highest BCUT2D eigenvalue weighted by Crippen LogP contribution is 2.37. The molecule has 5 rings (SSSR count). The third kappa shape index (κ3) is 4.50. The molecule has 0 atom stereocenters. The number of anilines is 3. The molecular formula is C24H25N7O3S. The molecule has 4 N–H and O–H groups in total. The SMILES string of the molecule is COc1cc2c(cc1O)[nH]c1ncnc(N3CCN(C(=S)Nc4ccc(NC(C)=O)cc4)CC3)c12. The van der Waals surface area contributed by atoms with Gasteiger partial charge in [0.05, 0.1) is 18.0 Å². The van der Waals surface area contributed by atoms with Crippen LogP contribution in [0.15, 0.2) is 42.7 Å². The molecule has 0 radical (unpaired) electrons. The third-order valence-electron chi connectivity index (χ3n) is 5.99. The van der Waals surface area contributed by atoms with Crippen molar-refractivity contribution < 1.29 is 14.6 Å². The number of amides is 1. The number of phenols is 1. The number of phenolic OH excluding ortho intramolecular Hbond substituents is 1. The Morgan fingerprint density at radius 1 is 1.09 bits per heavy atom. The zero-order valence-electron chi connectivity index (χ0n) is 19.3. The van der Waals surface area contributed by atoms with Crippen LogP contribution < -0.4 is 20.3 Å². The molecule has 0 saturated carbocycles. The summed E-state index contributed by atoms with van der Waals surface area (Å²) in [5.74, 6) is 1.20. The predicted octanol–water partition coefficient (Wildman–Crippen LogP) is 3.30. The lowest BCUT2D eigenvalue weighted by Crippen LogP contribution is -2.50. The van der Waals surface area contributed by atoms with Crippen LogP contribution in [0.5, 0.6) is 11.5 Å². The normalized spacial score (nSPS) is 13.8. The molecule has 10 nitrogen and oxygen atoms in total. The second kappa shape index (κ2) is 9.26. The van der Waals surface area contributed by atoms with E-state index in [1.807, 2.05) is 30.3 Å². The van der Waals surface area contributed by atoms with E-state index >= 15 is 0 Å². The Morgan fingerprint density at radius 3 is 2.43 bits per heavy atom. The molecule has 2 aromatic heterocycles. The number of carbonyl (C=O) groups is 1. The van der Waals surface area contributed by atoms with E-state index in [0.29, 0.717) is 16.5 Å². The van der Waals surface area contributed by atoms with Gasteiger partial charge in [0.1, 0.15) is 17.8 Å². The minimum atomic E-state index is -0.106. The van der Waals surface area contributed by atoms with Crippen molar-refractivity contribution in [3.05, 3.63) is 42.7 Å². The van der Waals surface area contributed by atoms with Gasteiger partial charge in [-0.15, -0.1) is 0 Å². The zero-order valence-corrected chi connectivity index (χ0v) is 20.1. The molecule has 180 valence electrons. The van der Waals surface area contributed by atoms with Gasteiger partial charge in [0.2, 0.25) is 5.91 Å². The minimum Gasteiger partial charge on any atom is -0.504 e. The van der Waals surface area contributed by atoms with E-state index in [2.05, 4.69) is 35.4 Å². The Morgan fingerprint density at radius 2 is 1.77 bits per heavy atom. The Balaban J connectivity index is 1.30. The second-order valence-corrected chi connectivity index (χ2v) is 8.67. The monoisotopic (exact) mass is 491 g/mol. The van der Waals surface area contributed by atoms with E-state index in [1.165, 1.54) is 14.0 Å². The lowest BCUT2D eigenvalue weighted by atomic mass is 10.1. The van der Waals surface area contributed by atoms with Gasteiger partial charge in [-0.1, -0.05) is 0 Å². The van der Waals surface area contributed by atoms with Gasteiger partial charge in [-0.2, -0.15) is 0 Å². The molecule has 1 aliphatic heterocycles. The van der Waals surface area contributed by atoms with Crippen molar-refractivity contribution in [2.45, 2.75) is 6.92 Å². The average molecular weight is 492 g/mol. The van der Waals surface area contributed by atoms with E-state index in [4.69, 9.17) is 17.0 Å². The van der Waals surface area contributed by atoms with Crippen LogP contribution in [0.4, 0.5) is 17.2 Å². The molecule has 1 aliphatic rings. The molecule has 4 aromatic rings. The maximum atomic E-state index is 11.2. The fourth-order valence-electron chi connectivity index (χ4n) is 4.29. The number of methoxy groups -OCH3 is 1. The number of hydrogen-bond donors (Lipinski definition) is 4. The molecule has 1 amide bonds. The summed E-state index contributed by atoms with van der Waals surface area (Å²) < 4.78 is 5.30. The summed E-state index contributed by atoms with van der Waals surface area (Å²) in [7, 11) is 1.53. The van der Waals surface area contributed by atoms with Crippen LogP contribution in [0.25, 0.3) is 21.9 Å². The number of aromatic hydroxyl groups is 1. The molecule has 0 bridgehead atoms. The van der Waals surface area contributed by atoms with Gasteiger partial charge in [-0.3, -0.25) is 4.79 Å². The van der Waals surface area contributed by atoms with Crippen molar-refractivity contribution in [1.82, 2.24) is 19.9 Å². The van der Waals surface area contributed by atoms with Crippen LogP contribution >= 0.6 is 12.2 Å². The molecule has 1 fully saturated rings. The highest BCUT2D eigenvalue weighted by Gasteiger charge is 2.23. The number of piperazine rings is 1. The molecule has 11 heteroatoms. The number of benzene rings is 2. The van der Waals surface area contributed by atoms with Gasteiger partial charge < -0.3 is 35.3 Å². The lowest BCUT2D eigenvalue weighted by molar-refractivity contribution is -0.114. The van der Waals surface area contributed by atoms with Crippen LogP contribution in [0, 0.1) is 0 Å². The van der Waals surface area contributed by atoms with E-state index in [9.17, 15) is 9.90 Å². The number of rotatable bonds is 4. The number of hydrogen-bond acceptors (Lipinski definition) is 7. The first kappa shape index (κ1) is 22.7. The topological polar surface area (TPSA) is 119 Å². The molecule has 3 heterocycles. The number of nitrogens with one attached hydrogen (secondary N) is 3. The summed E-state index contributed by atoms with van der Waals surface area (Å²) in [5, 5.41) is 18.6. The van der Waals surface area contributed by atoms with E-state index in [1.54, 1.807) is 12.4 Å². The number of fused-ring (bicyclic) bond motifs is 3. The standard InChI is InChI=1S/C24H25N7O3S/c1-14(32)27-15-3-5-16(6-4-15)28-24(35)31-9-7-30(8-10-31)23-21-17-11-20(34-2)19(33)12-18(17)29-22(21)25-13-26-23/h3-6,11-13,33H,7-10H2,1-2H3,(H,27,32)(H,28,35)(H,25,26,29). The Labute approximate surface area is 206 Å². The van der Waals surface area contributed by atoms with Crippen molar-refractivity contribution in [2.24, 2.45) is 0 Å². The summed E-state index contributed by atoms with van der Waals surface area (Å²) >= 11 is 5.64. The number of aromatic nitrogens is 3. The molecule has 1 saturated heterocycles. The first-order chi connectivity index (χ1) is 16.9. The lowest BCUT2D eigenvalue weighted by Gasteiger charge is -2.37. The molecule has 35 heavy (non-hydrogen) atoms. The van der Waals surface area contributed by atoms with Gasteiger partial charge in [-0.05, 0) is 42.5 Å². The summed E-state index contributed by atoms with van der Waals surface area (Å²) in [4.78, 5) is 27.8. The number of H-pyrrole nitrogens is 1. The first-order valence-corrected chi connectivity index (χ1v) is 11.6. The van der Waals surface area contributed by atoms with E-state index in [0.717, 1.165) is 59.7 Å². The molecule has 2 aromatic carbocycles. The molecular weight excluding hydrogens is 466 g/mol. The minimum absolute atomic E-state index is 0.0699. The van der Waals surface area contributed by atoms with E-state index < -0.39 is 0 Å². The summed E-state index contributed by atoms with van der Waals surface area (Å²) in [5.41, 5.74) is 3.08. The average Bonchev–Trinajstić information content (AvgIpc) is 3.21. The Hall–Kier alpha value is -4.12. The highest BCUT2D eigenvalue weighted by atomic mass is 32.1. The first-order valence-electron chi connectivity index (χ1n) is 11.1. The van der Waals surface area contributed by atoms with Gasteiger partial charge >= 0.3 is 0 Å². The van der Waals surface area contributed by atoms with Gasteiger partial charge in [0.15, 0.2) is 16.6 Å². The van der Waals surface area contributed by atoms with E-state index in [-0.39, 0.29) is 11.7 Å². The maximum Gasteiger partial charge on any atom is 0.221 e. The van der Waals surface area contributed by atoms with Crippen molar-refractivity contribution in [3.8, 4) is 11.5 Å². The number of aromatic amines is 1. The molecule has 0 spiro atoms. The summed E-state index contributed by atoms with van der Waals surface area (Å²) in [6, 6.07) is 10.9. The quantitative estimate of drug-likeness (QED) is 0.319. The number of nitrogens with zero attached hydrogens (tertiary/aromatic N) is 4. The van der Waals surface area contributed by atoms with Crippen molar-refractivity contribution in [3.63, 3.8) is 0 Å². The smallest absolute Gasteiger partial charge is 0.221 e. The molecule has 0 aliphatic carbocycles. The largest absolute Gasteiger partial charge is 0.504 e. The highest BCUT2D eigenvalue weighted by molar-refractivity contribution is 7.80. The third-order valence-corrected chi connectivity index (χ3v) is 6.35. The van der Waals surface area contributed by atoms with Crippen molar-refractivity contribution in [2.75, 3.05) is 48.8 Å². The van der Waals surface area contributed by atoms with Crippen LogP contribution in [-0.4, -0.2) is 69.3 Å². The summed E-state index contributed by atoms with van der Waals surface area (Å²) in [6.45, 7) is 4.41.